The Morgan fingerprint density at radius 2 is 1.88 bits per heavy atom. The first-order valence-corrected chi connectivity index (χ1v) is 7.84. The molecule has 1 aromatic heterocycles. The Hall–Kier alpha value is -2.30. The molecule has 3 rings (SSSR count). The van der Waals surface area contributed by atoms with Crippen molar-refractivity contribution in [1.82, 2.24) is 15.2 Å². The van der Waals surface area contributed by atoms with Crippen molar-refractivity contribution in [3.8, 4) is 11.4 Å². The van der Waals surface area contributed by atoms with Crippen molar-refractivity contribution in [3.05, 3.63) is 50.9 Å². The Balaban J connectivity index is 2.16. The van der Waals surface area contributed by atoms with Gasteiger partial charge in [0.1, 0.15) is 0 Å². The van der Waals surface area contributed by atoms with Crippen LogP contribution >= 0.6 is 22.6 Å². The van der Waals surface area contributed by atoms with E-state index in [1.54, 1.807) is 12.1 Å². The minimum Gasteiger partial charge on any atom is -0.368 e. The quantitative estimate of drug-likeness (QED) is 0.419. The molecule has 0 aliphatic carbocycles. The molecule has 124 valence electrons. The number of hydrogen-bond acceptors (Lipinski definition) is 4. The number of nitrogen functional groups attached to an aromatic ring is 1. The first-order chi connectivity index (χ1) is 11.4. The number of nitrogens with two attached hydrogens (primary N) is 1. The Labute approximate surface area is 148 Å². The van der Waals surface area contributed by atoms with Gasteiger partial charge in [0.05, 0.1) is 5.69 Å². The van der Waals surface area contributed by atoms with Crippen molar-refractivity contribution < 1.29 is 13.2 Å². The van der Waals surface area contributed by atoms with Crippen molar-refractivity contribution in [2.45, 2.75) is 6.92 Å². The molecule has 0 saturated carbocycles. The van der Waals surface area contributed by atoms with E-state index in [0.29, 0.717) is 5.69 Å². The van der Waals surface area contributed by atoms with E-state index in [1.165, 1.54) is 0 Å². The summed E-state index contributed by atoms with van der Waals surface area (Å²) in [4.78, 5) is 2.57. The summed E-state index contributed by atoms with van der Waals surface area (Å²) in [7, 11) is 0. The number of anilines is 3. The van der Waals surface area contributed by atoms with Crippen LogP contribution in [-0.2, 0) is 0 Å². The third-order valence-corrected chi connectivity index (χ3v) is 4.04. The Kier molecular flexibility index (Phi) is 4.35. The number of hydrogen-bond donors (Lipinski definition) is 3. The highest BCUT2D eigenvalue weighted by Crippen LogP contribution is 2.34. The fourth-order valence-corrected chi connectivity index (χ4v) is 2.85. The van der Waals surface area contributed by atoms with Crippen molar-refractivity contribution in [2.75, 3.05) is 11.1 Å². The van der Waals surface area contributed by atoms with E-state index < -0.39 is 17.5 Å². The predicted octanol–water partition coefficient (Wildman–Crippen LogP) is 4.13. The number of H-pyrrole nitrogens is 1. The normalized spacial score (nSPS) is 10.9. The highest BCUT2D eigenvalue weighted by Gasteiger charge is 2.22. The van der Waals surface area contributed by atoms with Gasteiger partial charge >= 0.3 is 0 Å². The van der Waals surface area contributed by atoms with Crippen LogP contribution in [-0.4, -0.2) is 15.2 Å². The van der Waals surface area contributed by atoms with Crippen molar-refractivity contribution in [1.29, 1.82) is 0 Å². The van der Waals surface area contributed by atoms with E-state index in [9.17, 15) is 13.2 Å². The van der Waals surface area contributed by atoms with Gasteiger partial charge in [-0.15, -0.1) is 10.2 Å². The number of aromatic nitrogens is 3. The zero-order chi connectivity index (χ0) is 17.4. The lowest BCUT2D eigenvalue weighted by molar-refractivity contribution is 0.450. The average molecular weight is 445 g/mol. The molecule has 0 amide bonds. The van der Waals surface area contributed by atoms with Crippen LogP contribution in [0.25, 0.3) is 11.4 Å². The summed E-state index contributed by atoms with van der Waals surface area (Å²) in [6.45, 7) is 1.81. The summed E-state index contributed by atoms with van der Waals surface area (Å²) in [5.74, 6) is -4.25. The highest BCUT2D eigenvalue weighted by atomic mass is 127. The number of halogens is 4. The Morgan fingerprint density at radius 3 is 2.50 bits per heavy atom. The van der Waals surface area contributed by atoms with Crippen molar-refractivity contribution in [3.63, 3.8) is 0 Å². The molecule has 0 bridgehead atoms. The molecule has 24 heavy (non-hydrogen) atoms. The maximum atomic E-state index is 14.3. The maximum Gasteiger partial charge on any atom is 0.219 e. The van der Waals surface area contributed by atoms with E-state index in [-0.39, 0.29) is 23.0 Å². The average Bonchev–Trinajstić information content (AvgIpc) is 2.96. The molecule has 0 aliphatic rings. The van der Waals surface area contributed by atoms with Gasteiger partial charge in [0.15, 0.2) is 23.3 Å². The standard InChI is InChI=1S/C15H11F3IN5/c1-6-4-7(19)2-3-10(6)21-13-8(14-22-15(20)24-23-14)5-9(16)11(17)12(13)18/h2-5,21H,1H3,(H3,20,22,23,24). The highest BCUT2D eigenvalue weighted by molar-refractivity contribution is 14.1. The number of benzene rings is 2. The minimum atomic E-state index is -1.57. The maximum absolute atomic E-state index is 14.3. The van der Waals surface area contributed by atoms with E-state index in [1.807, 2.05) is 13.0 Å². The van der Waals surface area contributed by atoms with E-state index in [2.05, 4.69) is 43.1 Å². The predicted molar refractivity (Wildman–Crippen MR) is 93.3 cm³/mol. The summed E-state index contributed by atoms with van der Waals surface area (Å²) in [5.41, 5.74) is 6.54. The fourth-order valence-electron chi connectivity index (χ4n) is 2.20. The second kappa shape index (κ2) is 6.30. The molecule has 0 atom stereocenters. The van der Waals surface area contributed by atoms with Crippen molar-refractivity contribution in [2.24, 2.45) is 0 Å². The van der Waals surface area contributed by atoms with E-state index >= 15 is 0 Å². The number of nitrogens with zero attached hydrogens (tertiary/aromatic N) is 2. The van der Waals surface area contributed by atoms with Gasteiger partial charge in [0.25, 0.3) is 0 Å². The van der Waals surface area contributed by atoms with Gasteiger partial charge in [0.2, 0.25) is 5.95 Å². The van der Waals surface area contributed by atoms with Crippen LogP contribution < -0.4 is 11.1 Å². The molecule has 3 aromatic rings. The van der Waals surface area contributed by atoms with Gasteiger partial charge in [0, 0.05) is 14.8 Å². The van der Waals surface area contributed by atoms with E-state index in [0.717, 1.165) is 15.2 Å². The molecule has 0 unspecified atom stereocenters. The fraction of sp³-hybridized carbons (Fsp3) is 0.0667. The Bertz CT molecular complexity index is 926. The second-order valence-electron chi connectivity index (χ2n) is 5.05. The monoisotopic (exact) mass is 445 g/mol. The van der Waals surface area contributed by atoms with E-state index in [4.69, 9.17) is 5.73 Å². The molecule has 9 heteroatoms. The number of aryl methyl sites for hydroxylation is 1. The molecule has 0 saturated heterocycles. The van der Waals surface area contributed by atoms with Crippen LogP contribution in [0.3, 0.4) is 0 Å². The smallest absolute Gasteiger partial charge is 0.219 e. The second-order valence-corrected chi connectivity index (χ2v) is 6.30. The first kappa shape index (κ1) is 16.6. The minimum absolute atomic E-state index is 0.0199. The van der Waals surface area contributed by atoms with Crippen LogP contribution in [0.15, 0.2) is 24.3 Å². The first-order valence-electron chi connectivity index (χ1n) is 6.76. The summed E-state index contributed by atoms with van der Waals surface area (Å²) < 4.78 is 42.7. The van der Waals surface area contributed by atoms with Gasteiger partial charge < -0.3 is 16.0 Å². The topological polar surface area (TPSA) is 79.6 Å². The molecular weight excluding hydrogens is 434 g/mol. The summed E-state index contributed by atoms with van der Waals surface area (Å²) >= 11 is 2.14. The van der Waals surface area contributed by atoms with Gasteiger partial charge in [-0.05, 0) is 59.3 Å². The zero-order valence-electron chi connectivity index (χ0n) is 12.3. The molecule has 5 nitrogen and oxygen atoms in total. The molecule has 1 heterocycles. The lowest BCUT2D eigenvalue weighted by atomic mass is 10.1. The largest absolute Gasteiger partial charge is 0.368 e. The SMILES string of the molecule is Cc1cc(I)ccc1Nc1c(-c2nnc(N)[nH]2)cc(F)c(F)c1F. The lowest BCUT2D eigenvalue weighted by Gasteiger charge is -2.14. The van der Waals surface area contributed by atoms with Crippen LogP contribution in [0.2, 0.25) is 0 Å². The van der Waals surface area contributed by atoms with Crippen LogP contribution in [0.4, 0.5) is 30.5 Å². The third kappa shape index (κ3) is 3.03. The van der Waals surface area contributed by atoms with Crippen molar-refractivity contribution >= 4 is 39.9 Å². The Morgan fingerprint density at radius 1 is 1.12 bits per heavy atom. The zero-order valence-corrected chi connectivity index (χ0v) is 14.5. The number of rotatable bonds is 3. The molecule has 2 aromatic carbocycles. The molecular formula is C15H11F3IN5. The van der Waals surface area contributed by atoms with Crippen LogP contribution in [0.1, 0.15) is 5.56 Å². The molecule has 0 aliphatic heterocycles. The molecule has 4 N–H and O–H groups in total. The molecule has 0 radical (unpaired) electrons. The van der Waals surface area contributed by atoms with Crippen LogP contribution in [0, 0.1) is 27.9 Å². The van der Waals surface area contributed by atoms with Gasteiger partial charge in [-0.1, -0.05) is 0 Å². The summed E-state index contributed by atoms with van der Waals surface area (Å²) in [6.07, 6.45) is 0. The van der Waals surface area contributed by atoms with Gasteiger partial charge in [-0.3, -0.25) is 0 Å². The molecule has 0 fully saturated rings. The van der Waals surface area contributed by atoms with Gasteiger partial charge in [-0.25, -0.2) is 13.2 Å². The van der Waals surface area contributed by atoms with Crippen LogP contribution in [0.5, 0.6) is 0 Å². The van der Waals surface area contributed by atoms with Gasteiger partial charge in [-0.2, -0.15) is 0 Å². The number of aromatic amines is 1. The third-order valence-electron chi connectivity index (χ3n) is 3.37. The number of nitrogens with one attached hydrogen (secondary N) is 2. The lowest BCUT2D eigenvalue weighted by Crippen LogP contribution is -2.04. The summed E-state index contributed by atoms with van der Waals surface area (Å²) in [5, 5.41) is 10.1. The summed E-state index contributed by atoms with van der Waals surface area (Å²) in [6, 6.07) is 6.23. The molecule has 0 spiro atoms.